The largest absolute Gasteiger partial charge is 0.437 e. The molecule has 0 aliphatic rings. The van der Waals surface area contributed by atoms with E-state index >= 15 is 0 Å². The summed E-state index contributed by atoms with van der Waals surface area (Å²) in [6, 6.07) is 26.6. The minimum atomic E-state index is 0.362. The molecule has 0 saturated carbocycles. The van der Waals surface area contributed by atoms with E-state index in [1.54, 1.807) is 0 Å². The number of nitrogen functional groups attached to an aromatic ring is 1. The Kier molecular flexibility index (Phi) is 6.13. The first-order chi connectivity index (χ1) is 15.1. The standard InChI is InChI=1S/C26H26N4O/c1-19-13-20(2)15-23(14-19)31-26-24(27)25(28-18-29-26)30(16-21-9-5-3-6-10-21)17-22-11-7-4-8-12-22/h3-15,18H,16-17,27H2,1-2H3. The van der Waals surface area contributed by atoms with E-state index in [0.29, 0.717) is 36.2 Å². The molecule has 0 spiro atoms. The van der Waals surface area contributed by atoms with Crippen molar-refractivity contribution in [1.82, 2.24) is 9.97 Å². The number of nitrogens with zero attached hydrogens (tertiary/aromatic N) is 3. The quantitative estimate of drug-likeness (QED) is 0.425. The summed E-state index contributed by atoms with van der Waals surface area (Å²) in [6.45, 7) is 5.41. The second-order valence-electron chi connectivity index (χ2n) is 7.67. The predicted octanol–water partition coefficient (Wildman–Crippen LogP) is 5.67. The highest BCUT2D eigenvalue weighted by Crippen LogP contribution is 2.33. The fourth-order valence-corrected chi connectivity index (χ4v) is 3.62. The third kappa shape index (κ3) is 5.20. The SMILES string of the molecule is Cc1cc(C)cc(Oc2ncnc(N(Cc3ccccc3)Cc3ccccc3)c2N)c1. The molecule has 0 amide bonds. The lowest BCUT2D eigenvalue weighted by Gasteiger charge is -2.25. The predicted molar refractivity (Wildman–Crippen MR) is 125 cm³/mol. The fraction of sp³-hybridized carbons (Fsp3) is 0.154. The maximum atomic E-state index is 6.52. The van der Waals surface area contributed by atoms with Crippen molar-refractivity contribution >= 4 is 11.5 Å². The Balaban J connectivity index is 1.67. The second kappa shape index (κ2) is 9.30. The number of hydrogen-bond acceptors (Lipinski definition) is 5. The van der Waals surface area contributed by atoms with Crippen molar-refractivity contribution in [3.8, 4) is 11.6 Å². The molecule has 5 heteroatoms. The van der Waals surface area contributed by atoms with Gasteiger partial charge in [-0.15, -0.1) is 0 Å². The average Bonchev–Trinajstić information content (AvgIpc) is 2.76. The van der Waals surface area contributed by atoms with Gasteiger partial charge in [0.1, 0.15) is 17.8 Å². The molecule has 1 heterocycles. The molecule has 0 unspecified atom stereocenters. The first-order valence-electron chi connectivity index (χ1n) is 10.3. The molecule has 31 heavy (non-hydrogen) atoms. The number of rotatable bonds is 7. The topological polar surface area (TPSA) is 64.3 Å². The van der Waals surface area contributed by atoms with Gasteiger partial charge >= 0.3 is 0 Å². The Hall–Kier alpha value is -3.86. The van der Waals surface area contributed by atoms with Crippen LogP contribution in [0.15, 0.2) is 85.2 Å². The molecule has 0 saturated heterocycles. The van der Waals surface area contributed by atoms with Crippen molar-refractivity contribution in [2.24, 2.45) is 0 Å². The summed E-state index contributed by atoms with van der Waals surface area (Å²) in [5.74, 6) is 1.73. The van der Waals surface area contributed by atoms with Crippen LogP contribution in [0.4, 0.5) is 11.5 Å². The van der Waals surface area contributed by atoms with Gasteiger partial charge < -0.3 is 15.4 Å². The van der Waals surface area contributed by atoms with Gasteiger partial charge in [0.05, 0.1) is 0 Å². The van der Waals surface area contributed by atoms with E-state index in [-0.39, 0.29) is 0 Å². The molecule has 156 valence electrons. The highest BCUT2D eigenvalue weighted by molar-refractivity contribution is 5.68. The number of nitrogens with two attached hydrogens (primary N) is 1. The van der Waals surface area contributed by atoms with E-state index in [1.165, 1.54) is 17.5 Å². The van der Waals surface area contributed by atoms with Gasteiger partial charge in [0, 0.05) is 13.1 Å². The van der Waals surface area contributed by atoms with E-state index in [0.717, 1.165) is 11.1 Å². The van der Waals surface area contributed by atoms with Crippen molar-refractivity contribution in [3.05, 3.63) is 107 Å². The van der Waals surface area contributed by atoms with Crippen LogP contribution in [-0.4, -0.2) is 9.97 Å². The summed E-state index contributed by atoms with van der Waals surface area (Å²) in [6.07, 6.45) is 1.51. The molecule has 0 aliphatic carbocycles. The van der Waals surface area contributed by atoms with Gasteiger partial charge in [-0.1, -0.05) is 66.7 Å². The molecule has 0 radical (unpaired) electrons. The van der Waals surface area contributed by atoms with E-state index in [4.69, 9.17) is 10.5 Å². The summed E-state index contributed by atoms with van der Waals surface area (Å²) in [4.78, 5) is 11.0. The maximum absolute atomic E-state index is 6.52. The summed E-state index contributed by atoms with van der Waals surface area (Å²) < 4.78 is 6.06. The fourth-order valence-electron chi connectivity index (χ4n) is 3.62. The highest BCUT2D eigenvalue weighted by Gasteiger charge is 2.18. The van der Waals surface area contributed by atoms with E-state index in [9.17, 15) is 0 Å². The van der Waals surface area contributed by atoms with Crippen LogP contribution in [0.1, 0.15) is 22.3 Å². The number of benzene rings is 3. The Morgan fingerprint density at radius 1 is 0.774 bits per heavy atom. The lowest BCUT2D eigenvalue weighted by molar-refractivity contribution is 0.463. The lowest BCUT2D eigenvalue weighted by Crippen LogP contribution is -2.24. The average molecular weight is 411 g/mol. The molecule has 4 rings (SSSR count). The minimum Gasteiger partial charge on any atom is -0.437 e. The molecule has 2 N–H and O–H groups in total. The monoisotopic (exact) mass is 410 g/mol. The molecule has 0 bridgehead atoms. The van der Waals surface area contributed by atoms with Crippen molar-refractivity contribution < 1.29 is 4.74 Å². The van der Waals surface area contributed by atoms with Crippen molar-refractivity contribution in [3.63, 3.8) is 0 Å². The summed E-state index contributed by atoms with van der Waals surface area (Å²) in [7, 11) is 0. The molecule has 1 aromatic heterocycles. The molecule has 0 fully saturated rings. The summed E-state index contributed by atoms with van der Waals surface area (Å²) >= 11 is 0. The van der Waals surface area contributed by atoms with Crippen LogP contribution in [-0.2, 0) is 13.1 Å². The van der Waals surface area contributed by atoms with Gasteiger partial charge in [-0.25, -0.2) is 4.98 Å². The molecule has 4 aromatic rings. The Labute approximate surface area is 183 Å². The second-order valence-corrected chi connectivity index (χ2v) is 7.67. The van der Waals surface area contributed by atoms with Crippen LogP contribution < -0.4 is 15.4 Å². The number of anilines is 2. The van der Waals surface area contributed by atoms with Gasteiger partial charge in [-0.05, 0) is 48.2 Å². The third-order valence-corrected chi connectivity index (χ3v) is 4.97. The zero-order chi connectivity index (χ0) is 21.6. The Bertz CT molecular complexity index is 1080. The normalized spacial score (nSPS) is 10.6. The van der Waals surface area contributed by atoms with Gasteiger partial charge in [-0.3, -0.25) is 0 Å². The van der Waals surface area contributed by atoms with Crippen LogP contribution in [0.2, 0.25) is 0 Å². The van der Waals surface area contributed by atoms with E-state index in [2.05, 4.69) is 45.2 Å². The molecular weight excluding hydrogens is 384 g/mol. The van der Waals surface area contributed by atoms with Gasteiger partial charge in [-0.2, -0.15) is 4.98 Å². The van der Waals surface area contributed by atoms with Crippen LogP contribution in [0.3, 0.4) is 0 Å². The number of aryl methyl sites for hydroxylation is 2. The van der Waals surface area contributed by atoms with E-state index < -0.39 is 0 Å². The lowest BCUT2D eigenvalue weighted by atomic mass is 10.1. The van der Waals surface area contributed by atoms with Crippen molar-refractivity contribution in [2.75, 3.05) is 10.6 Å². The number of aromatic nitrogens is 2. The Morgan fingerprint density at radius 2 is 1.32 bits per heavy atom. The smallest absolute Gasteiger partial charge is 0.248 e. The van der Waals surface area contributed by atoms with Crippen LogP contribution in [0.25, 0.3) is 0 Å². The minimum absolute atomic E-state index is 0.362. The van der Waals surface area contributed by atoms with Crippen LogP contribution in [0, 0.1) is 13.8 Å². The number of hydrogen-bond donors (Lipinski definition) is 1. The highest BCUT2D eigenvalue weighted by atomic mass is 16.5. The zero-order valence-electron chi connectivity index (χ0n) is 17.8. The van der Waals surface area contributed by atoms with Crippen LogP contribution in [0.5, 0.6) is 11.6 Å². The van der Waals surface area contributed by atoms with E-state index in [1.807, 2.05) is 62.4 Å². The summed E-state index contributed by atoms with van der Waals surface area (Å²) in [5.41, 5.74) is 11.5. The molecule has 0 atom stereocenters. The zero-order valence-corrected chi connectivity index (χ0v) is 17.8. The maximum Gasteiger partial charge on any atom is 0.248 e. The molecular formula is C26H26N4O. The van der Waals surface area contributed by atoms with Crippen LogP contribution >= 0.6 is 0 Å². The Morgan fingerprint density at radius 3 is 1.87 bits per heavy atom. The van der Waals surface area contributed by atoms with Crippen molar-refractivity contribution in [2.45, 2.75) is 26.9 Å². The molecule has 0 aliphatic heterocycles. The summed E-state index contributed by atoms with van der Waals surface area (Å²) in [5, 5.41) is 0. The number of ether oxygens (including phenoxy) is 1. The third-order valence-electron chi connectivity index (χ3n) is 4.97. The van der Waals surface area contributed by atoms with Gasteiger partial charge in [0.15, 0.2) is 5.82 Å². The first-order valence-corrected chi connectivity index (χ1v) is 10.3. The molecule has 5 nitrogen and oxygen atoms in total. The first kappa shape index (κ1) is 20.4. The van der Waals surface area contributed by atoms with Crippen molar-refractivity contribution in [1.29, 1.82) is 0 Å². The van der Waals surface area contributed by atoms with Gasteiger partial charge in [0.25, 0.3) is 0 Å². The van der Waals surface area contributed by atoms with Gasteiger partial charge in [0.2, 0.25) is 5.88 Å². The molecule has 3 aromatic carbocycles.